The molecule has 15 heavy (non-hydrogen) atoms. The van der Waals surface area contributed by atoms with Gasteiger partial charge in [0.1, 0.15) is 0 Å². The summed E-state index contributed by atoms with van der Waals surface area (Å²) in [4.78, 5) is 0. The van der Waals surface area contributed by atoms with Gasteiger partial charge in [-0.05, 0) is 37.5 Å². The van der Waals surface area contributed by atoms with Crippen molar-refractivity contribution in [3.05, 3.63) is 0 Å². The third-order valence-electron chi connectivity index (χ3n) is 4.04. The van der Waals surface area contributed by atoms with Gasteiger partial charge in [0.25, 0.3) is 0 Å². The van der Waals surface area contributed by atoms with Crippen LogP contribution in [0.3, 0.4) is 0 Å². The van der Waals surface area contributed by atoms with Gasteiger partial charge in [0.2, 0.25) is 0 Å². The minimum Gasteiger partial charge on any atom is -0.381 e. The number of rotatable bonds is 5. The summed E-state index contributed by atoms with van der Waals surface area (Å²) in [5.74, 6) is 7.42. The van der Waals surface area contributed by atoms with Crippen LogP contribution in [0.4, 0.5) is 0 Å². The molecule has 2 rings (SSSR count). The zero-order valence-corrected chi connectivity index (χ0v) is 9.58. The summed E-state index contributed by atoms with van der Waals surface area (Å²) < 4.78 is 5.38. The largest absolute Gasteiger partial charge is 0.381 e. The SMILES string of the molecule is NNC(CC1CCC1)CC1CCOCC1. The maximum absolute atomic E-state index is 5.64. The van der Waals surface area contributed by atoms with E-state index in [0.717, 1.165) is 25.0 Å². The fourth-order valence-electron chi connectivity index (χ4n) is 2.75. The molecule has 3 heteroatoms. The lowest BCUT2D eigenvalue weighted by Crippen LogP contribution is -2.39. The van der Waals surface area contributed by atoms with E-state index in [1.54, 1.807) is 0 Å². The van der Waals surface area contributed by atoms with Gasteiger partial charge in [-0.2, -0.15) is 0 Å². The van der Waals surface area contributed by atoms with Gasteiger partial charge in [-0.25, -0.2) is 0 Å². The van der Waals surface area contributed by atoms with E-state index in [2.05, 4.69) is 5.43 Å². The molecule has 0 bridgehead atoms. The fraction of sp³-hybridized carbons (Fsp3) is 1.00. The topological polar surface area (TPSA) is 47.3 Å². The summed E-state index contributed by atoms with van der Waals surface area (Å²) in [6.07, 6.45) is 9.26. The Hall–Kier alpha value is -0.120. The molecule has 3 nitrogen and oxygen atoms in total. The van der Waals surface area contributed by atoms with E-state index in [1.165, 1.54) is 44.9 Å². The van der Waals surface area contributed by atoms with Crippen LogP contribution in [-0.2, 0) is 4.74 Å². The standard InChI is InChI=1S/C12H24N2O/c13-14-12(8-10-2-1-3-10)9-11-4-6-15-7-5-11/h10-12,14H,1-9,13H2. The minimum atomic E-state index is 0.540. The second-order valence-corrected chi connectivity index (χ2v) is 5.19. The molecule has 88 valence electrons. The van der Waals surface area contributed by atoms with Gasteiger partial charge in [0.15, 0.2) is 0 Å². The highest BCUT2D eigenvalue weighted by Gasteiger charge is 2.24. The first kappa shape index (κ1) is 11.4. The highest BCUT2D eigenvalue weighted by Crippen LogP contribution is 2.32. The molecule has 1 aliphatic carbocycles. The number of hydrogen-bond acceptors (Lipinski definition) is 3. The van der Waals surface area contributed by atoms with Gasteiger partial charge in [0.05, 0.1) is 0 Å². The van der Waals surface area contributed by atoms with Gasteiger partial charge in [-0.15, -0.1) is 0 Å². The Morgan fingerprint density at radius 1 is 1.07 bits per heavy atom. The van der Waals surface area contributed by atoms with E-state index >= 15 is 0 Å². The lowest BCUT2D eigenvalue weighted by Gasteiger charge is -2.32. The molecule has 1 unspecified atom stereocenters. The first-order valence-electron chi connectivity index (χ1n) is 6.42. The molecular weight excluding hydrogens is 188 g/mol. The number of hydrogen-bond donors (Lipinski definition) is 2. The van der Waals surface area contributed by atoms with Crippen molar-refractivity contribution < 1.29 is 4.74 Å². The first-order chi connectivity index (χ1) is 7.38. The Labute approximate surface area is 92.7 Å². The summed E-state index contributed by atoms with van der Waals surface area (Å²) in [5, 5.41) is 0. The zero-order chi connectivity index (χ0) is 10.5. The van der Waals surface area contributed by atoms with E-state index < -0.39 is 0 Å². The lowest BCUT2D eigenvalue weighted by atomic mass is 9.79. The van der Waals surface area contributed by atoms with E-state index in [1.807, 2.05) is 0 Å². The number of ether oxygens (including phenoxy) is 1. The van der Waals surface area contributed by atoms with Gasteiger partial charge >= 0.3 is 0 Å². The van der Waals surface area contributed by atoms with Crippen LogP contribution in [0.1, 0.15) is 44.9 Å². The average molecular weight is 212 g/mol. The molecule has 0 aromatic heterocycles. The van der Waals surface area contributed by atoms with Crippen LogP contribution in [0.5, 0.6) is 0 Å². The van der Waals surface area contributed by atoms with E-state index in [0.29, 0.717) is 6.04 Å². The fourth-order valence-corrected chi connectivity index (χ4v) is 2.75. The highest BCUT2D eigenvalue weighted by molar-refractivity contribution is 4.79. The molecule has 2 aliphatic rings. The number of hydrazine groups is 1. The quantitative estimate of drug-likeness (QED) is 0.540. The summed E-state index contributed by atoms with van der Waals surface area (Å²) in [7, 11) is 0. The molecular formula is C12H24N2O. The Kier molecular flexibility index (Phi) is 4.42. The Bertz CT molecular complexity index is 176. The van der Waals surface area contributed by atoms with Crippen LogP contribution in [0.25, 0.3) is 0 Å². The predicted molar refractivity (Wildman–Crippen MR) is 61.2 cm³/mol. The smallest absolute Gasteiger partial charge is 0.0468 e. The van der Waals surface area contributed by atoms with Crippen LogP contribution in [0, 0.1) is 11.8 Å². The van der Waals surface area contributed by atoms with Crippen LogP contribution in [-0.4, -0.2) is 19.3 Å². The molecule has 1 saturated carbocycles. The van der Waals surface area contributed by atoms with Gasteiger partial charge in [-0.3, -0.25) is 11.3 Å². The van der Waals surface area contributed by atoms with Crippen molar-refractivity contribution >= 4 is 0 Å². The molecule has 0 aromatic carbocycles. The zero-order valence-electron chi connectivity index (χ0n) is 9.58. The molecule has 1 atom stereocenters. The average Bonchev–Trinajstić information content (AvgIpc) is 2.23. The summed E-state index contributed by atoms with van der Waals surface area (Å²) in [6, 6.07) is 0.540. The van der Waals surface area contributed by atoms with Crippen molar-refractivity contribution in [2.45, 2.75) is 51.0 Å². The normalized spacial score (nSPS) is 26.2. The van der Waals surface area contributed by atoms with Crippen LogP contribution in [0.2, 0.25) is 0 Å². The predicted octanol–water partition coefficient (Wildman–Crippen LogP) is 1.83. The first-order valence-corrected chi connectivity index (χ1v) is 6.42. The van der Waals surface area contributed by atoms with Crippen LogP contribution >= 0.6 is 0 Å². The summed E-state index contributed by atoms with van der Waals surface area (Å²) in [5.41, 5.74) is 3.01. The van der Waals surface area contributed by atoms with E-state index in [4.69, 9.17) is 10.6 Å². The minimum absolute atomic E-state index is 0.540. The third kappa shape index (κ3) is 3.44. The number of nitrogens with one attached hydrogen (secondary N) is 1. The molecule has 0 radical (unpaired) electrons. The maximum atomic E-state index is 5.64. The molecule has 1 heterocycles. The summed E-state index contributed by atoms with van der Waals surface area (Å²) in [6.45, 7) is 1.90. The molecule has 0 aromatic rings. The molecule has 2 fully saturated rings. The third-order valence-corrected chi connectivity index (χ3v) is 4.04. The summed E-state index contributed by atoms with van der Waals surface area (Å²) >= 11 is 0. The molecule has 3 N–H and O–H groups in total. The highest BCUT2D eigenvalue weighted by atomic mass is 16.5. The Morgan fingerprint density at radius 2 is 1.67 bits per heavy atom. The van der Waals surface area contributed by atoms with E-state index in [9.17, 15) is 0 Å². The lowest BCUT2D eigenvalue weighted by molar-refractivity contribution is 0.0587. The molecule has 1 saturated heterocycles. The monoisotopic (exact) mass is 212 g/mol. The number of nitrogens with two attached hydrogens (primary N) is 1. The van der Waals surface area contributed by atoms with E-state index in [-0.39, 0.29) is 0 Å². The Morgan fingerprint density at radius 3 is 2.13 bits per heavy atom. The molecule has 1 aliphatic heterocycles. The maximum Gasteiger partial charge on any atom is 0.0468 e. The van der Waals surface area contributed by atoms with Gasteiger partial charge in [-0.1, -0.05) is 19.3 Å². The van der Waals surface area contributed by atoms with Crippen molar-refractivity contribution in [3.8, 4) is 0 Å². The second-order valence-electron chi connectivity index (χ2n) is 5.19. The van der Waals surface area contributed by atoms with Crippen molar-refractivity contribution in [2.75, 3.05) is 13.2 Å². The molecule has 0 spiro atoms. The van der Waals surface area contributed by atoms with Crippen molar-refractivity contribution in [2.24, 2.45) is 17.7 Å². The van der Waals surface area contributed by atoms with Crippen LogP contribution < -0.4 is 11.3 Å². The second kappa shape index (κ2) is 5.83. The van der Waals surface area contributed by atoms with Crippen LogP contribution in [0.15, 0.2) is 0 Å². The van der Waals surface area contributed by atoms with Gasteiger partial charge in [0, 0.05) is 19.3 Å². The Balaban J connectivity index is 1.68. The van der Waals surface area contributed by atoms with Crippen molar-refractivity contribution in [3.63, 3.8) is 0 Å². The van der Waals surface area contributed by atoms with Gasteiger partial charge < -0.3 is 4.74 Å². The molecule has 0 amide bonds. The van der Waals surface area contributed by atoms with Crippen molar-refractivity contribution in [1.82, 2.24) is 5.43 Å². The van der Waals surface area contributed by atoms with Crippen molar-refractivity contribution in [1.29, 1.82) is 0 Å².